The molecule has 1 N–H and O–H groups in total. The summed E-state index contributed by atoms with van der Waals surface area (Å²) >= 11 is 0. The third-order valence-electron chi connectivity index (χ3n) is 3.91. The van der Waals surface area contributed by atoms with E-state index in [0.29, 0.717) is 6.54 Å². The first-order valence-electron chi connectivity index (χ1n) is 7.28. The van der Waals surface area contributed by atoms with Crippen LogP contribution in [-0.2, 0) is 14.6 Å². The van der Waals surface area contributed by atoms with E-state index in [2.05, 4.69) is 5.32 Å². The summed E-state index contributed by atoms with van der Waals surface area (Å²) in [5.74, 6) is -0.421. The Hall–Kier alpha value is -1.40. The van der Waals surface area contributed by atoms with Crippen molar-refractivity contribution in [3.8, 4) is 0 Å². The number of hydrogen-bond donors (Lipinski definition) is 1. The van der Waals surface area contributed by atoms with E-state index < -0.39 is 9.84 Å². The van der Waals surface area contributed by atoms with E-state index in [1.165, 1.54) is 0 Å². The lowest BCUT2D eigenvalue weighted by atomic mass is 10.0. The number of carbonyl (C=O) groups is 1. The molecule has 1 aromatic rings. The maximum absolute atomic E-state index is 12.2. The zero-order valence-corrected chi connectivity index (χ0v) is 14.8. The molecule has 0 bridgehead atoms. The second-order valence-electron chi connectivity index (χ2n) is 6.37. The molecule has 0 radical (unpaired) electrons. The number of likely N-dealkylation sites (N-methyl/N-ethyl adjacent to an activating group) is 1. The Kier molecular flexibility index (Phi) is 6.14. The lowest BCUT2D eigenvalue weighted by molar-refractivity contribution is -0.121. The van der Waals surface area contributed by atoms with Gasteiger partial charge in [-0.25, -0.2) is 8.42 Å². The van der Waals surface area contributed by atoms with Gasteiger partial charge >= 0.3 is 0 Å². The Labute approximate surface area is 133 Å². The highest BCUT2D eigenvalue weighted by Gasteiger charge is 2.22. The third-order valence-corrected chi connectivity index (χ3v) is 5.64. The molecule has 1 amide bonds. The molecule has 1 rings (SSSR count). The second-order valence-corrected chi connectivity index (χ2v) is 8.47. The average molecular weight is 326 g/mol. The SMILES string of the molecule is Cc1ccc(S(=O)(=O)CCC(=O)NCC(C)(C)N(C)C)cc1. The number of amides is 1. The summed E-state index contributed by atoms with van der Waals surface area (Å²) in [6.07, 6.45) is -0.0281. The molecule has 0 spiro atoms. The maximum atomic E-state index is 12.2. The van der Waals surface area contributed by atoms with E-state index in [4.69, 9.17) is 0 Å². The summed E-state index contributed by atoms with van der Waals surface area (Å²) in [6.45, 7) is 6.40. The minimum absolute atomic E-state index is 0.0281. The Morgan fingerprint density at radius 3 is 2.23 bits per heavy atom. The number of aryl methyl sites for hydroxylation is 1. The van der Waals surface area contributed by atoms with Crippen molar-refractivity contribution in [1.82, 2.24) is 10.2 Å². The van der Waals surface area contributed by atoms with Crippen molar-refractivity contribution < 1.29 is 13.2 Å². The zero-order valence-electron chi connectivity index (χ0n) is 14.0. The molecule has 22 heavy (non-hydrogen) atoms. The van der Waals surface area contributed by atoms with Gasteiger partial charge in [-0.2, -0.15) is 0 Å². The van der Waals surface area contributed by atoms with Crippen LogP contribution in [0.15, 0.2) is 29.2 Å². The maximum Gasteiger partial charge on any atom is 0.221 e. The number of rotatable bonds is 7. The van der Waals surface area contributed by atoms with Crippen LogP contribution in [0.2, 0.25) is 0 Å². The van der Waals surface area contributed by atoms with Gasteiger partial charge in [0.1, 0.15) is 0 Å². The van der Waals surface area contributed by atoms with Gasteiger partial charge in [-0.1, -0.05) is 17.7 Å². The molecule has 5 nitrogen and oxygen atoms in total. The summed E-state index contributed by atoms with van der Waals surface area (Å²) in [7, 11) is 0.464. The largest absolute Gasteiger partial charge is 0.354 e. The molecular weight excluding hydrogens is 300 g/mol. The molecule has 124 valence electrons. The van der Waals surface area contributed by atoms with Gasteiger partial charge in [0, 0.05) is 18.5 Å². The van der Waals surface area contributed by atoms with Gasteiger partial charge in [0.25, 0.3) is 0 Å². The van der Waals surface area contributed by atoms with Crippen molar-refractivity contribution in [1.29, 1.82) is 0 Å². The number of benzene rings is 1. The quantitative estimate of drug-likeness (QED) is 0.827. The number of carbonyl (C=O) groups excluding carboxylic acids is 1. The predicted octanol–water partition coefficient (Wildman–Crippen LogP) is 1.62. The first-order chi connectivity index (χ1) is 10.0. The van der Waals surface area contributed by atoms with Crippen molar-refractivity contribution in [2.45, 2.75) is 37.6 Å². The van der Waals surface area contributed by atoms with Crippen LogP contribution >= 0.6 is 0 Å². The van der Waals surface area contributed by atoms with E-state index >= 15 is 0 Å². The summed E-state index contributed by atoms with van der Waals surface area (Å²) in [4.78, 5) is 14.1. The molecule has 0 heterocycles. The van der Waals surface area contributed by atoms with Gasteiger partial charge in [-0.15, -0.1) is 0 Å². The molecule has 0 saturated carbocycles. The summed E-state index contributed by atoms with van der Waals surface area (Å²) in [5.41, 5.74) is 0.827. The van der Waals surface area contributed by atoms with Gasteiger partial charge in [0.2, 0.25) is 5.91 Å². The van der Waals surface area contributed by atoms with Crippen LogP contribution in [-0.4, -0.2) is 51.2 Å². The van der Waals surface area contributed by atoms with Crippen molar-refractivity contribution in [2.24, 2.45) is 0 Å². The van der Waals surface area contributed by atoms with Gasteiger partial charge in [0.15, 0.2) is 9.84 Å². The van der Waals surface area contributed by atoms with Crippen molar-refractivity contribution in [2.75, 3.05) is 26.4 Å². The highest BCUT2D eigenvalue weighted by atomic mass is 32.2. The fraction of sp³-hybridized carbons (Fsp3) is 0.562. The van der Waals surface area contributed by atoms with Gasteiger partial charge in [0.05, 0.1) is 10.6 Å². The minimum Gasteiger partial charge on any atom is -0.354 e. The molecule has 0 aliphatic carbocycles. The molecule has 0 unspecified atom stereocenters. The summed E-state index contributed by atoms with van der Waals surface area (Å²) in [5, 5.41) is 2.79. The highest BCUT2D eigenvalue weighted by molar-refractivity contribution is 7.91. The van der Waals surface area contributed by atoms with Crippen molar-refractivity contribution in [3.05, 3.63) is 29.8 Å². The summed E-state index contributed by atoms with van der Waals surface area (Å²) < 4.78 is 24.3. The topological polar surface area (TPSA) is 66.5 Å². The third kappa shape index (κ3) is 5.42. The number of sulfone groups is 1. The Morgan fingerprint density at radius 2 is 1.73 bits per heavy atom. The zero-order chi connectivity index (χ0) is 17.0. The van der Waals surface area contributed by atoms with Crippen LogP contribution in [0.25, 0.3) is 0 Å². The first kappa shape index (κ1) is 18.6. The van der Waals surface area contributed by atoms with Crippen LogP contribution < -0.4 is 5.32 Å². The normalized spacial score (nSPS) is 12.5. The molecule has 0 saturated heterocycles. The van der Waals surface area contributed by atoms with Gasteiger partial charge < -0.3 is 10.2 Å². The van der Waals surface area contributed by atoms with E-state index in [-0.39, 0.29) is 28.5 Å². The van der Waals surface area contributed by atoms with Crippen LogP contribution in [0.3, 0.4) is 0 Å². The van der Waals surface area contributed by atoms with E-state index in [1.54, 1.807) is 24.3 Å². The minimum atomic E-state index is -3.41. The van der Waals surface area contributed by atoms with Crippen LogP contribution in [0.5, 0.6) is 0 Å². The van der Waals surface area contributed by atoms with Gasteiger partial charge in [-0.05, 0) is 47.0 Å². The predicted molar refractivity (Wildman–Crippen MR) is 88.6 cm³/mol. The fourth-order valence-electron chi connectivity index (χ4n) is 1.65. The Morgan fingerprint density at radius 1 is 1.18 bits per heavy atom. The van der Waals surface area contributed by atoms with Crippen molar-refractivity contribution in [3.63, 3.8) is 0 Å². The fourth-order valence-corrected chi connectivity index (χ4v) is 2.89. The average Bonchev–Trinajstić information content (AvgIpc) is 2.43. The number of hydrogen-bond acceptors (Lipinski definition) is 4. The molecular formula is C16H26N2O3S. The number of nitrogens with one attached hydrogen (secondary N) is 1. The standard InChI is InChI=1S/C16H26N2O3S/c1-13-6-8-14(9-7-13)22(20,21)11-10-15(19)17-12-16(2,3)18(4)5/h6-9H,10-12H2,1-5H3,(H,17,19). The highest BCUT2D eigenvalue weighted by Crippen LogP contribution is 2.13. The first-order valence-corrected chi connectivity index (χ1v) is 8.93. The molecule has 1 aromatic carbocycles. The van der Waals surface area contributed by atoms with Crippen LogP contribution in [0.1, 0.15) is 25.8 Å². The van der Waals surface area contributed by atoms with Crippen LogP contribution in [0.4, 0.5) is 0 Å². The lowest BCUT2D eigenvalue weighted by Gasteiger charge is -2.32. The van der Waals surface area contributed by atoms with E-state index in [9.17, 15) is 13.2 Å². The molecule has 0 fully saturated rings. The monoisotopic (exact) mass is 326 g/mol. The van der Waals surface area contributed by atoms with E-state index in [0.717, 1.165) is 5.56 Å². The molecule has 6 heteroatoms. The molecule has 0 aliphatic heterocycles. The molecule has 0 aromatic heterocycles. The van der Waals surface area contributed by atoms with Crippen LogP contribution in [0, 0.1) is 6.92 Å². The smallest absolute Gasteiger partial charge is 0.221 e. The van der Waals surface area contributed by atoms with E-state index in [1.807, 2.05) is 39.8 Å². The lowest BCUT2D eigenvalue weighted by Crippen LogP contribution is -2.48. The summed E-state index contributed by atoms with van der Waals surface area (Å²) in [6, 6.07) is 6.68. The molecule has 0 aliphatic rings. The van der Waals surface area contributed by atoms with Gasteiger partial charge in [-0.3, -0.25) is 4.79 Å². The Bertz CT molecular complexity index is 605. The molecule has 0 atom stereocenters. The van der Waals surface area contributed by atoms with Crippen molar-refractivity contribution >= 4 is 15.7 Å². The second kappa shape index (κ2) is 7.24. The Balaban J connectivity index is 2.55. The number of nitrogens with zero attached hydrogens (tertiary/aromatic N) is 1.